The minimum absolute atomic E-state index is 0. The molecular formula is C49H59N4O6-. The first kappa shape index (κ1) is 43.3. The van der Waals surface area contributed by atoms with E-state index in [9.17, 15) is 30.0 Å². The zero-order valence-electron chi connectivity index (χ0n) is 34.9. The Hall–Kier alpha value is -5.26. The molecule has 59 heavy (non-hydrogen) atoms. The van der Waals surface area contributed by atoms with E-state index in [0.717, 1.165) is 51.4 Å². The van der Waals surface area contributed by atoms with Gasteiger partial charge in [0.25, 0.3) is 0 Å². The molecule has 0 spiro atoms. The van der Waals surface area contributed by atoms with Gasteiger partial charge in [0.2, 0.25) is 11.1 Å². The minimum atomic E-state index is -0.731. The average Bonchev–Trinajstić information content (AvgIpc) is 3.84. The summed E-state index contributed by atoms with van der Waals surface area (Å²) in [4.78, 5) is 28.4. The van der Waals surface area contributed by atoms with Gasteiger partial charge in [-0.2, -0.15) is 0 Å². The summed E-state index contributed by atoms with van der Waals surface area (Å²) >= 11 is 0. The molecule has 2 atom stereocenters. The summed E-state index contributed by atoms with van der Waals surface area (Å²) in [7, 11) is 0. The van der Waals surface area contributed by atoms with Crippen molar-refractivity contribution in [2.24, 2.45) is 0 Å². The van der Waals surface area contributed by atoms with Crippen LogP contribution in [-0.2, 0) is 51.4 Å². The van der Waals surface area contributed by atoms with Gasteiger partial charge in [-0.05, 0) is 131 Å². The third-order valence-corrected chi connectivity index (χ3v) is 12.2. The van der Waals surface area contributed by atoms with E-state index in [0.29, 0.717) is 58.1 Å². The van der Waals surface area contributed by atoms with Crippen LogP contribution in [0.5, 0.6) is 11.5 Å². The standard InChI is InChI=1S/2C24H28N2O3.CH3/c2*1-3-14-9-16-11-18(12-17(16)10-15(14)4-2)25-13-22(28)19-5-7-21(27)24-20(19)6-8-23(29)26-24;/h2*5-10,18,22,25,27-28H,3-4,11-13H2,1-2H3,(H,26,29);1H3/q;;-1/t2*22-;/m11./s1. The number of aryl methyl sites for hydroxylation is 4. The number of aromatic hydroxyl groups is 2. The van der Waals surface area contributed by atoms with Crippen LogP contribution >= 0.6 is 0 Å². The number of hydrogen-bond acceptors (Lipinski definition) is 8. The van der Waals surface area contributed by atoms with Crippen molar-refractivity contribution < 1.29 is 20.4 Å². The van der Waals surface area contributed by atoms with Gasteiger partial charge in [-0.15, -0.1) is 0 Å². The van der Waals surface area contributed by atoms with Gasteiger partial charge in [-0.3, -0.25) is 9.59 Å². The Balaban J connectivity index is 0.000000195. The second kappa shape index (κ2) is 18.8. The van der Waals surface area contributed by atoms with Crippen LogP contribution < -0.4 is 21.8 Å². The highest BCUT2D eigenvalue weighted by atomic mass is 16.3. The molecule has 2 aliphatic carbocycles. The predicted octanol–water partition coefficient (Wildman–Crippen LogP) is 6.75. The first-order valence-electron chi connectivity index (χ1n) is 20.8. The SMILES string of the molecule is CCc1cc2c(cc1CC)CC(NC[C@@H](O)c1ccc(O)c3[nH]c(=O)ccc13)C2.CCc1cc2c(cc1CC)CC(NC[C@@H](O)c1ccc(O)c3[nH]c(=O)ccc13)C2.[CH3-]. The van der Waals surface area contributed by atoms with Crippen LogP contribution in [0.4, 0.5) is 0 Å². The lowest BCUT2D eigenvalue weighted by Crippen LogP contribution is -2.33. The fraction of sp³-hybridized carbons (Fsp3) is 0.367. The van der Waals surface area contributed by atoms with Crippen LogP contribution in [0.15, 0.2) is 82.4 Å². The molecule has 10 heteroatoms. The summed E-state index contributed by atoms with van der Waals surface area (Å²) in [5.74, 6) is 0.0117. The Kier molecular flexibility index (Phi) is 13.8. The number of aromatic amines is 2. The molecule has 0 saturated heterocycles. The second-order valence-electron chi connectivity index (χ2n) is 15.8. The molecule has 0 aliphatic heterocycles. The van der Waals surface area contributed by atoms with Gasteiger partial charge in [0.1, 0.15) is 11.5 Å². The topological polar surface area (TPSA) is 171 Å². The molecule has 8 rings (SSSR count). The maximum atomic E-state index is 11.6. The molecule has 4 aromatic carbocycles. The maximum absolute atomic E-state index is 11.6. The Morgan fingerprint density at radius 1 is 0.542 bits per heavy atom. The molecule has 10 nitrogen and oxygen atoms in total. The fourth-order valence-electron chi connectivity index (χ4n) is 9.03. The van der Waals surface area contributed by atoms with E-state index < -0.39 is 12.2 Å². The van der Waals surface area contributed by atoms with Crippen molar-refractivity contribution >= 4 is 21.8 Å². The largest absolute Gasteiger partial charge is 0.506 e. The number of pyridine rings is 2. The number of aliphatic hydroxyl groups excluding tert-OH is 2. The lowest BCUT2D eigenvalue weighted by molar-refractivity contribution is 0.171. The van der Waals surface area contributed by atoms with Gasteiger partial charge in [-0.1, -0.05) is 64.1 Å². The molecule has 2 aromatic heterocycles. The zero-order chi connectivity index (χ0) is 41.1. The molecule has 0 unspecified atom stereocenters. The highest BCUT2D eigenvalue weighted by Crippen LogP contribution is 2.32. The van der Waals surface area contributed by atoms with Crippen molar-refractivity contribution in [3.63, 3.8) is 0 Å². The Morgan fingerprint density at radius 2 is 0.864 bits per heavy atom. The lowest BCUT2D eigenvalue weighted by atomic mass is 9.97. The maximum Gasteiger partial charge on any atom is 0.248 e. The van der Waals surface area contributed by atoms with Crippen LogP contribution in [0.1, 0.15) is 95.5 Å². The number of nitrogens with one attached hydrogen (secondary N) is 4. The van der Waals surface area contributed by atoms with E-state index in [1.165, 1.54) is 68.8 Å². The molecule has 0 fully saturated rings. The smallest absolute Gasteiger partial charge is 0.248 e. The van der Waals surface area contributed by atoms with Crippen molar-refractivity contribution in [1.82, 2.24) is 20.6 Å². The van der Waals surface area contributed by atoms with E-state index in [4.69, 9.17) is 0 Å². The summed E-state index contributed by atoms with van der Waals surface area (Å²) in [6, 6.07) is 22.6. The summed E-state index contributed by atoms with van der Waals surface area (Å²) in [6.45, 7) is 9.65. The van der Waals surface area contributed by atoms with Crippen molar-refractivity contribution in [3.05, 3.63) is 157 Å². The monoisotopic (exact) mass is 799 g/mol. The van der Waals surface area contributed by atoms with Gasteiger partial charge in [0.15, 0.2) is 0 Å². The van der Waals surface area contributed by atoms with E-state index in [1.807, 2.05) is 0 Å². The molecule has 8 N–H and O–H groups in total. The quantitative estimate of drug-likeness (QED) is 0.0629. The number of hydrogen-bond donors (Lipinski definition) is 8. The first-order chi connectivity index (χ1) is 28.0. The third-order valence-electron chi connectivity index (χ3n) is 12.2. The predicted molar refractivity (Wildman–Crippen MR) is 238 cm³/mol. The highest BCUT2D eigenvalue weighted by Gasteiger charge is 2.25. The number of H-pyrrole nitrogens is 2. The van der Waals surface area contributed by atoms with Crippen LogP contribution in [0, 0.1) is 7.43 Å². The summed E-state index contributed by atoms with van der Waals surface area (Å²) in [5, 5.41) is 50.0. The number of rotatable bonds is 12. The fourth-order valence-corrected chi connectivity index (χ4v) is 9.03. The van der Waals surface area contributed by atoms with Crippen LogP contribution in [0.3, 0.4) is 0 Å². The molecule has 0 bridgehead atoms. The van der Waals surface area contributed by atoms with E-state index >= 15 is 0 Å². The van der Waals surface area contributed by atoms with Crippen molar-refractivity contribution in [2.45, 2.75) is 103 Å². The Morgan fingerprint density at radius 3 is 1.17 bits per heavy atom. The summed E-state index contributed by atoms with van der Waals surface area (Å²) in [6.07, 6.45) is 6.67. The number of aromatic nitrogens is 2. The second-order valence-corrected chi connectivity index (χ2v) is 15.8. The van der Waals surface area contributed by atoms with Gasteiger partial charge in [0.05, 0.1) is 23.2 Å². The Labute approximate surface area is 346 Å². The van der Waals surface area contributed by atoms with Crippen molar-refractivity contribution in [1.29, 1.82) is 0 Å². The summed E-state index contributed by atoms with van der Waals surface area (Å²) in [5.41, 5.74) is 13.0. The zero-order valence-corrected chi connectivity index (χ0v) is 34.9. The highest BCUT2D eigenvalue weighted by molar-refractivity contribution is 5.88. The van der Waals surface area contributed by atoms with Crippen LogP contribution in [-0.4, -0.2) is 55.6 Å². The average molecular weight is 800 g/mol. The first-order valence-corrected chi connectivity index (χ1v) is 20.8. The molecule has 0 saturated carbocycles. The normalized spacial score (nSPS) is 14.7. The third kappa shape index (κ3) is 9.31. The van der Waals surface area contributed by atoms with Crippen LogP contribution in [0.2, 0.25) is 0 Å². The number of phenolic OH excluding ortho intramolecular Hbond substituents is 2. The van der Waals surface area contributed by atoms with E-state index in [2.05, 4.69) is 72.6 Å². The van der Waals surface area contributed by atoms with Gasteiger partial charge in [0, 0.05) is 48.1 Å². The van der Waals surface area contributed by atoms with Gasteiger partial charge < -0.3 is 48.5 Å². The van der Waals surface area contributed by atoms with Crippen molar-refractivity contribution in [2.75, 3.05) is 13.1 Å². The molecular weight excluding hydrogens is 741 g/mol. The van der Waals surface area contributed by atoms with Crippen molar-refractivity contribution in [3.8, 4) is 11.5 Å². The molecule has 0 amide bonds. The number of phenols is 2. The number of aliphatic hydroxyl groups is 2. The lowest BCUT2D eigenvalue weighted by Gasteiger charge is -2.18. The van der Waals surface area contributed by atoms with E-state index in [-0.39, 0.29) is 30.0 Å². The van der Waals surface area contributed by atoms with Crippen LogP contribution in [0.25, 0.3) is 21.8 Å². The molecule has 2 aliphatic rings. The molecule has 312 valence electrons. The molecule has 6 aromatic rings. The van der Waals surface area contributed by atoms with Gasteiger partial charge in [-0.25, -0.2) is 0 Å². The van der Waals surface area contributed by atoms with E-state index in [1.54, 1.807) is 24.3 Å². The van der Waals surface area contributed by atoms with Gasteiger partial charge >= 0.3 is 0 Å². The number of fused-ring (bicyclic) bond motifs is 4. The number of benzene rings is 4. The Bertz CT molecular complexity index is 2320. The summed E-state index contributed by atoms with van der Waals surface area (Å²) < 4.78 is 0. The minimum Gasteiger partial charge on any atom is -0.506 e. The molecule has 2 heterocycles. The molecule has 0 radical (unpaired) electrons.